The van der Waals surface area contributed by atoms with E-state index >= 15 is 0 Å². The summed E-state index contributed by atoms with van der Waals surface area (Å²) in [7, 11) is -8.59. The van der Waals surface area contributed by atoms with E-state index in [0.29, 0.717) is 54.1 Å². The van der Waals surface area contributed by atoms with Gasteiger partial charge in [0.2, 0.25) is 17.7 Å². The van der Waals surface area contributed by atoms with Gasteiger partial charge in [0.05, 0.1) is 34.0 Å². The van der Waals surface area contributed by atoms with Crippen LogP contribution in [0.15, 0.2) is 91.9 Å². The summed E-state index contributed by atoms with van der Waals surface area (Å²) in [6.07, 6.45) is 9.18. The molecule has 0 radical (unpaired) electrons. The van der Waals surface area contributed by atoms with E-state index in [1.165, 1.54) is 35.0 Å². The lowest BCUT2D eigenvalue weighted by Crippen LogP contribution is -2.24. The third kappa shape index (κ3) is 9.65. The number of aromatic carboxylic acids is 1. The van der Waals surface area contributed by atoms with Gasteiger partial charge in [-0.3, -0.25) is 38.8 Å². The second-order valence-electron chi connectivity index (χ2n) is 16.3. The van der Waals surface area contributed by atoms with Gasteiger partial charge in [0.1, 0.15) is 0 Å². The molecule has 0 fully saturated rings. The number of nitrogens with zero attached hydrogens (tertiary/aromatic N) is 9. The molecule has 2 aromatic carbocycles. The van der Waals surface area contributed by atoms with E-state index in [0.717, 1.165) is 43.2 Å². The largest absolute Gasteiger partial charge is 0.478 e. The van der Waals surface area contributed by atoms with Crippen molar-refractivity contribution in [2.24, 2.45) is 7.05 Å². The Labute approximate surface area is 400 Å². The Morgan fingerprint density at radius 1 is 0.873 bits per heavy atom. The number of amides is 2. The van der Waals surface area contributed by atoms with Crippen LogP contribution < -0.4 is 21.7 Å². The maximum absolute atomic E-state index is 13.3. The number of hydrogen-bond acceptors (Lipinski definition) is 17. The van der Waals surface area contributed by atoms with Gasteiger partial charge >= 0.3 is 5.97 Å². The zero-order valence-electron chi connectivity index (χ0n) is 37.2. The number of fused-ring (bicyclic) bond motifs is 5. The van der Waals surface area contributed by atoms with Crippen LogP contribution in [-0.4, -0.2) is 99.7 Å². The summed E-state index contributed by atoms with van der Waals surface area (Å²) in [5.41, 5.74) is 5.40. The number of hydrogen-bond donors (Lipinski definition) is 7. The zero-order chi connectivity index (χ0) is 50.4. The highest BCUT2D eigenvalue weighted by molar-refractivity contribution is 7.86. The molecule has 7 aromatic rings. The number of unbranched alkanes of at least 4 members (excludes halogenated alkanes) is 3. The van der Waals surface area contributed by atoms with Gasteiger partial charge in [0, 0.05) is 61.0 Å². The van der Waals surface area contributed by atoms with E-state index in [4.69, 9.17) is 20.0 Å². The summed E-state index contributed by atoms with van der Waals surface area (Å²) in [5.74, 6) is -2.14. The number of rotatable bonds is 18. The van der Waals surface area contributed by atoms with Crippen LogP contribution in [-0.2, 0) is 45.0 Å². The maximum atomic E-state index is 13.3. The molecule has 9 rings (SSSR count). The summed E-state index contributed by atoms with van der Waals surface area (Å²) in [4.78, 5) is 46.2. The van der Waals surface area contributed by atoms with E-state index < -0.39 is 69.9 Å². The normalized spacial score (nSPS) is 12.1. The molecule has 0 bridgehead atoms. The molecule has 1 aliphatic carbocycles. The van der Waals surface area contributed by atoms with Gasteiger partial charge in [0.15, 0.2) is 38.2 Å². The Bertz CT molecular complexity index is 3840. The third-order valence-corrected chi connectivity index (χ3v) is 13.2. The Hall–Kier alpha value is -8.40. The number of nitrogens with two attached hydrogens (primary N) is 1. The number of anilines is 2. The number of nitrogens with one attached hydrogen (secondary N) is 3. The summed E-state index contributed by atoms with van der Waals surface area (Å²) < 4.78 is 86.1. The van der Waals surface area contributed by atoms with Crippen LogP contribution in [0.3, 0.4) is 0 Å². The van der Waals surface area contributed by atoms with Crippen LogP contribution >= 0.6 is 0 Å². The van der Waals surface area contributed by atoms with Gasteiger partial charge in [-0.15, -0.1) is 10.2 Å². The van der Waals surface area contributed by atoms with Gasteiger partial charge in [0.25, 0.3) is 26.1 Å². The summed E-state index contributed by atoms with van der Waals surface area (Å²) >= 11 is 0. The molecular formula is C44H41N13O12S2. The van der Waals surface area contributed by atoms with Crippen molar-refractivity contribution in [2.75, 3.05) is 17.6 Å². The lowest BCUT2D eigenvalue weighted by atomic mass is 9.89. The zero-order valence-corrected chi connectivity index (χ0v) is 38.9. The fraction of sp³-hybridized carbons (Fsp3) is 0.227. The Morgan fingerprint density at radius 3 is 2.39 bits per heavy atom. The minimum absolute atomic E-state index is 0.0363. The predicted octanol–water partition coefficient (Wildman–Crippen LogP) is 4.59. The number of nitrogen functional groups attached to an aromatic ring is 1. The number of furan rings is 1. The second-order valence-corrected chi connectivity index (χ2v) is 19.1. The molecule has 2 amide bonds. The lowest BCUT2D eigenvalue weighted by molar-refractivity contribution is -0.116. The van der Waals surface area contributed by atoms with E-state index in [9.17, 15) is 45.4 Å². The van der Waals surface area contributed by atoms with Crippen molar-refractivity contribution in [3.8, 4) is 34.0 Å². The molecule has 8 N–H and O–H groups in total. The van der Waals surface area contributed by atoms with E-state index in [2.05, 4.69) is 41.1 Å². The average Bonchev–Trinajstić information content (AvgIpc) is 4.14. The van der Waals surface area contributed by atoms with Crippen molar-refractivity contribution in [2.45, 2.75) is 61.3 Å². The molecule has 71 heavy (non-hydrogen) atoms. The summed E-state index contributed by atoms with van der Waals surface area (Å²) in [6.45, 7) is 0.850. The highest BCUT2D eigenvalue weighted by Gasteiger charge is 2.32. The second kappa shape index (κ2) is 18.8. The van der Waals surface area contributed by atoms with Gasteiger partial charge < -0.3 is 25.0 Å². The van der Waals surface area contributed by atoms with Crippen LogP contribution in [0.4, 0.5) is 11.6 Å². The Balaban J connectivity index is 0.782. The first-order valence-electron chi connectivity index (χ1n) is 21.7. The predicted molar refractivity (Wildman–Crippen MR) is 250 cm³/mol. The molecule has 1 aliphatic heterocycles. The highest BCUT2D eigenvalue weighted by Crippen LogP contribution is 2.46. The number of carboxylic acid groups (broad SMARTS) is 1. The minimum Gasteiger partial charge on any atom is -0.478 e. The monoisotopic (exact) mass is 1010 g/mol. The first kappa shape index (κ1) is 47.7. The number of carboxylic acids is 1. The quantitative estimate of drug-likeness (QED) is 0.0267. The van der Waals surface area contributed by atoms with Crippen LogP contribution in [0, 0.1) is 5.41 Å². The fourth-order valence-corrected chi connectivity index (χ4v) is 9.69. The van der Waals surface area contributed by atoms with Crippen molar-refractivity contribution in [3.05, 3.63) is 95.4 Å². The van der Waals surface area contributed by atoms with Crippen LogP contribution in [0.2, 0.25) is 0 Å². The number of aryl methyl sites for hydroxylation is 3. The molecule has 6 heterocycles. The van der Waals surface area contributed by atoms with Crippen molar-refractivity contribution >= 4 is 77.3 Å². The van der Waals surface area contributed by atoms with E-state index in [1.54, 1.807) is 34.7 Å². The standard InChI is InChI=1S/C44H41N13O12S2/c1-55-22-29-39(52-55)50-44(57-41(29)49-40(53-57)32-9-7-19-68-32)48-33(58)10-6-8-24-21-56(54-51-24)18-5-3-2-4-17-47-42(59)23-11-12-25(28(20-23)43(60)61)34-26-13-15-30(45)37(70(62,63)64)35(26)69-36-27(34)14-16-31(46)38(36)71(65,66)67/h7,9,11-16,19-22,45H,2-6,8,10,17-18,46H2,1H3,(H,47,59)(H,60,61)(H,62,63,64)(H,65,66,67)(H,48,50,52,58). The average molecular weight is 1010 g/mol. The molecule has 0 saturated carbocycles. The van der Waals surface area contributed by atoms with Gasteiger partial charge in [-0.25, -0.2) is 9.78 Å². The van der Waals surface area contributed by atoms with E-state index in [1.807, 2.05) is 6.20 Å². The van der Waals surface area contributed by atoms with Crippen LogP contribution in [0.5, 0.6) is 0 Å². The SMILES string of the molecule is Cn1cc2c(nc(NC(=O)CCCc3cn(CCCCCCNC(=O)c4ccc(-c5c6ccc(=N)c(S(=O)(=O)O)c-6oc6c(S(=O)(=O)O)c(N)ccc56)c(C(=O)O)c4)nn3)n3nc(-c4ccco4)nc23)n1. The Morgan fingerprint density at radius 2 is 1.65 bits per heavy atom. The Kier molecular flexibility index (Phi) is 12.6. The van der Waals surface area contributed by atoms with Crippen molar-refractivity contribution in [1.29, 1.82) is 5.41 Å². The van der Waals surface area contributed by atoms with Crippen molar-refractivity contribution in [1.82, 2.24) is 49.7 Å². The number of carbonyl (C=O) groups is 3. The number of carbonyl (C=O) groups excluding carboxylic acids is 2. The van der Waals surface area contributed by atoms with Gasteiger partial charge in [-0.05, 0) is 79.8 Å². The number of aromatic nitrogens is 9. The highest BCUT2D eigenvalue weighted by atomic mass is 32.2. The van der Waals surface area contributed by atoms with Crippen molar-refractivity contribution in [3.63, 3.8) is 0 Å². The molecule has 27 heteroatoms. The molecular weight excluding hydrogens is 967 g/mol. The molecule has 25 nitrogen and oxygen atoms in total. The summed E-state index contributed by atoms with van der Waals surface area (Å²) in [5, 5.41) is 41.3. The minimum atomic E-state index is -5.20. The maximum Gasteiger partial charge on any atom is 0.336 e. The molecule has 0 unspecified atom stereocenters. The summed E-state index contributed by atoms with van der Waals surface area (Å²) in [6, 6.07) is 11.7. The fourth-order valence-electron chi connectivity index (χ4n) is 8.20. The van der Waals surface area contributed by atoms with Gasteiger partial charge in [-0.2, -0.15) is 31.4 Å². The smallest absolute Gasteiger partial charge is 0.336 e. The third-order valence-electron chi connectivity index (χ3n) is 11.4. The molecule has 2 aliphatic rings. The molecule has 366 valence electrons. The van der Waals surface area contributed by atoms with Gasteiger partial charge in [-0.1, -0.05) is 24.1 Å². The van der Waals surface area contributed by atoms with Crippen molar-refractivity contribution < 1.29 is 54.3 Å². The number of benzene rings is 3. The molecule has 0 atom stereocenters. The lowest BCUT2D eigenvalue weighted by Gasteiger charge is -2.20. The molecule has 0 spiro atoms. The topological polar surface area (TPSA) is 372 Å². The van der Waals surface area contributed by atoms with Crippen LogP contribution in [0.1, 0.15) is 64.9 Å². The van der Waals surface area contributed by atoms with Crippen LogP contribution in [0.25, 0.3) is 61.7 Å². The first-order chi connectivity index (χ1) is 33.8. The van der Waals surface area contributed by atoms with E-state index in [-0.39, 0.29) is 52.5 Å². The molecule has 0 saturated heterocycles. The first-order valence-corrected chi connectivity index (χ1v) is 24.5. The molecule has 5 aromatic heterocycles.